The molecular weight excluding hydrogens is 366 g/mol. The van der Waals surface area contributed by atoms with Crippen molar-refractivity contribution in [2.75, 3.05) is 33.3 Å². The summed E-state index contributed by atoms with van der Waals surface area (Å²) in [6, 6.07) is -1.65. The third kappa shape index (κ3) is 6.85. The molecule has 2 amide bonds. The lowest BCUT2D eigenvalue weighted by atomic mass is 10.0. The van der Waals surface area contributed by atoms with Crippen molar-refractivity contribution < 1.29 is 28.6 Å². The SMILES string of the molecule is CCOC(=O)C1C(CNC)N(C(=O)OC(C)(C)C)CCN1C(=O)OC(C)(C)C. The Hall–Kier alpha value is -2.03. The molecule has 1 aliphatic heterocycles. The minimum Gasteiger partial charge on any atom is -0.464 e. The minimum atomic E-state index is -0.997. The number of hydrogen-bond donors (Lipinski definition) is 1. The highest BCUT2D eigenvalue weighted by molar-refractivity contribution is 5.84. The fourth-order valence-electron chi connectivity index (χ4n) is 2.91. The predicted octanol–water partition coefficient (Wildman–Crippen LogP) is 1.99. The molecule has 0 spiro atoms. The zero-order valence-corrected chi connectivity index (χ0v) is 18.3. The summed E-state index contributed by atoms with van der Waals surface area (Å²) in [7, 11) is 1.71. The number of ether oxygens (including phenoxy) is 3. The summed E-state index contributed by atoms with van der Waals surface area (Å²) in [5.74, 6) is -0.582. The maximum atomic E-state index is 12.7. The normalized spacial score (nSPS) is 20.6. The number of piperazine rings is 1. The molecule has 0 aromatic heterocycles. The van der Waals surface area contributed by atoms with Crippen molar-refractivity contribution in [3.63, 3.8) is 0 Å². The molecule has 28 heavy (non-hydrogen) atoms. The molecule has 9 heteroatoms. The van der Waals surface area contributed by atoms with E-state index in [1.54, 1.807) is 55.5 Å². The molecule has 0 saturated carbocycles. The van der Waals surface area contributed by atoms with Gasteiger partial charge in [-0.1, -0.05) is 0 Å². The summed E-state index contributed by atoms with van der Waals surface area (Å²) in [5, 5.41) is 2.98. The topological polar surface area (TPSA) is 97.4 Å². The fraction of sp³-hybridized carbons (Fsp3) is 0.842. The molecule has 0 radical (unpaired) electrons. The molecule has 2 unspecified atom stereocenters. The Bertz CT molecular complexity index is 567. The highest BCUT2D eigenvalue weighted by Gasteiger charge is 2.47. The Morgan fingerprint density at radius 1 is 0.929 bits per heavy atom. The molecule has 2 atom stereocenters. The van der Waals surface area contributed by atoms with Crippen molar-refractivity contribution in [2.24, 2.45) is 0 Å². The van der Waals surface area contributed by atoms with Gasteiger partial charge in [0.15, 0.2) is 6.04 Å². The molecule has 1 fully saturated rings. The molecule has 0 aromatic rings. The van der Waals surface area contributed by atoms with E-state index in [0.717, 1.165) is 0 Å². The van der Waals surface area contributed by atoms with Crippen LogP contribution in [0.2, 0.25) is 0 Å². The van der Waals surface area contributed by atoms with Crippen molar-refractivity contribution in [1.82, 2.24) is 15.1 Å². The quantitative estimate of drug-likeness (QED) is 0.568. The number of carbonyl (C=O) groups excluding carboxylic acids is 3. The molecule has 1 saturated heterocycles. The molecule has 1 heterocycles. The second-order valence-corrected chi connectivity index (χ2v) is 8.67. The molecule has 1 N–H and O–H groups in total. The van der Waals surface area contributed by atoms with Crippen molar-refractivity contribution >= 4 is 18.2 Å². The Morgan fingerprint density at radius 2 is 1.39 bits per heavy atom. The van der Waals surface area contributed by atoms with E-state index in [1.807, 2.05) is 0 Å². The summed E-state index contributed by atoms with van der Waals surface area (Å²) in [6.45, 7) is 13.1. The van der Waals surface area contributed by atoms with E-state index in [9.17, 15) is 14.4 Å². The van der Waals surface area contributed by atoms with Crippen molar-refractivity contribution in [3.8, 4) is 0 Å². The highest BCUT2D eigenvalue weighted by Crippen LogP contribution is 2.24. The first-order valence-electron chi connectivity index (χ1n) is 9.61. The van der Waals surface area contributed by atoms with Gasteiger partial charge in [-0.3, -0.25) is 9.80 Å². The first kappa shape index (κ1) is 24.0. The van der Waals surface area contributed by atoms with Crippen LogP contribution in [0.5, 0.6) is 0 Å². The maximum Gasteiger partial charge on any atom is 0.411 e. The fourth-order valence-corrected chi connectivity index (χ4v) is 2.91. The van der Waals surface area contributed by atoms with Crippen LogP contribution in [0.25, 0.3) is 0 Å². The molecule has 1 rings (SSSR count). The second kappa shape index (κ2) is 9.45. The monoisotopic (exact) mass is 401 g/mol. The Labute approximate surface area is 167 Å². The number of rotatable bonds is 4. The lowest BCUT2D eigenvalue weighted by Crippen LogP contribution is -2.68. The maximum absolute atomic E-state index is 12.7. The summed E-state index contributed by atoms with van der Waals surface area (Å²) in [6.07, 6.45) is -1.15. The van der Waals surface area contributed by atoms with Gasteiger partial charge in [-0.05, 0) is 55.5 Å². The number of nitrogens with one attached hydrogen (secondary N) is 1. The zero-order chi connectivity index (χ0) is 21.7. The molecule has 0 bridgehead atoms. The summed E-state index contributed by atoms with van der Waals surface area (Å²) < 4.78 is 16.2. The van der Waals surface area contributed by atoms with E-state index in [0.29, 0.717) is 0 Å². The van der Waals surface area contributed by atoms with Crippen LogP contribution in [-0.2, 0) is 19.0 Å². The molecule has 0 aromatic carbocycles. The number of amides is 2. The van der Waals surface area contributed by atoms with Crippen LogP contribution in [0.4, 0.5) is 9.59 Å². The van der Waals surface area contributed by atoms with Crippen LogP contribution < -0.4 is 5.32 Å². The van der Waals surface area contributed by atoms with Crippen molar-refractivity contribution in [3.05, 3.63) is 0 Å². The van der Waals surface area contributed by atoms with Crippen LogP contribution in [0.3, 0.4) is 0 Å². The van der Waals surface area contributed by atoms with Crippen LogP contribution in [0.1, 0.15) is 48.5 Å². The van der Waals surface area contributed by atoms with Gasteiger partial charge in [0.05, 0.1) is 12.6 Å². The Balaban J connectivity index is 3.22. The first-order valence-corrected chi connectivity index (χ1v) is 9.61. The van der Waals surface area contributed by atoms with Crippen molar-refractivity contribution in [2.45, 2.75) is 71.8 Å². The first-order chi connectivity index (χ1) is 12.8. The van der Waals surface area contributed by atoms with Gasteiger partial charge in [-0.2, -0.15) is 0 Å². The summed E-state index contributed by atoms with van der Waals surface area (Å²) in [5.41, 5.74) is -1.39. The van der Waals surface area contributed by atoms with E-state index in [2.05, 4.69) is 5.32 Å². The molecule has 1 aliphatic rings. The summed E-state index contributed by atoms with van der Waals surface area (Å²) in [4.78, 5) is 41.0. The summed E-state index contributed by atoms with van der Waals surface area (Å²) >= 11 is 0. The van der Waals surface area contributed by atoms with Gasteiger partial charge in [0.25, 0.3) is 0 Å². The Kier molecular flexibility index (Phi) is 8.10. The van der Waals surface area contributed by atoms with Gasteiger partial charge in [0.2, 0.25) is 0 Å². The smallest absolute Gasteiger partial charge is 0.411 e. The van der Waals surface area contributed by atoms with Crippen molar-refractivity contribution in [1.29, 1.82) is 0 Å². The van der Waals surface area contributed by atoms with Gasteiger partial charge in [0, 0.05) is 19.6 Å². The van der Waals surface area contributed by atoms with Gasteiger partial charge < -0.3 is 19.5 Å². The van der Waals surface area contributed by atoms with E-state index >= 15 is 0 Å². The number of hydrogen-bond acceptors (Lipinski definition) is 7. The number of carbonyl (C=O) groups is 3. The van der Waals surface area contributed by atoms with Crippen LogP contribution in [-0.4, -0.2) is 84.5 Å². The number of esters is 1. The van der Waals surface area contributed by atoms with Crippen LogP contribution >= 0.6 is 0 Å². The van der Waals surface area contributed by atoms with Gasteiger partial charge >= 0.3 is 18.2 Å². The van der Waals surface area contributed by atoms with Crippen LogP contribution in [0.15, 0.2) is 0 Å². The zero-order valence-electron chi connectivity index (χ0n) is 18.3. The average Bonchev–Trinajstić information content (AvgIpc) is 2.51. The van der Waals surface area contributed by atoms with Crippen LogP contribution in [0, 0.1) is 0 Å². The molecule has 9 nitrogen and oxygen atoms in total. The third-order valence-corrected chi connectivity index (χ3v) is 3.88. The lowest BCUT2D eigenvalue weighted by molar-refractivity contribution is -0.154. The standard InChI is InChI=1S/C19H35N3O6/c1-9-26-15(23)14-13(12-20-8)21(16(24)27-18(2,3)4)10-11-22(14)17(25)28-19(5,6)7/h13-14,20H,9-12H2,1-8H3. The number of nitrogens with zero attached hydrogens (tertiary/aromatic N) is 2. The van der Waals surface area contributed by atoms with E-state index in [-0.39, 0.29) is 26.2 Å². The van der Waals surface area contributed by atoms with Gasteiger partial charge in [0.1, 0.15) is 11.2 Å². The largest absolute Gasteiger partial charge is 0.464 e. The highest BCUT2D eigenvalue weighted by atomic mass is 16.6. The minimum absolute atomic E-state index is 0.137. The van der Waals surface area contributed by atoms with E-state index < -0.39 is 41.4 Å². The van der Waals surface area contributed by atoms with E-state index in [4.69, 9.17) is 14.2 Å². The molecule has 162 valence electrons. The van der Waals surface area contributed by atoms with E-state index in [1.165, 1.54) is 9.80 Å². The molecular formula is C19H35N3O6. The average molecular weight is 402 g/mol. The Morgan fingerprint density at radius 3 is 1.82 bits per heavy atom. The second-order valence-electron chi connectivity index (χ2n) is 8.67. The number of likely N-dealkylation sites (N-methyl/N-ethyl adjacent to an activating group) is 1. The molecule has 0 aliphatic carbocycles. The van der Waals surface area contributed by atoms with Gasteiger partial charge in [-0.15, -0.1) is 0 Å². The third-order valence-electron chi connectivity index (χ3n) is 3.88. The van der Waals surface area contributed by atoms with Gasteiger partial charge in [-0.25, -0.2) is 14.4 Å². The predicted molar refractivity (Wildman–Crippen MR) is 104 cm³/mol. The lowest BCUT2D eigenvalue weighted by Gasteiger charge is -2.46.